The van der Waals surface area contributed by atoms with Gasteiger partial charge in [-0.25, -0.2) is 0 Å². The van der Waals surface area contributed by atoms with Crippen LogP contribution in [0.2, 0.25) is 0 Å². The van der Waals surface area contributed by atoms with Crippen LogP contribution in [0.15, 0.2) is 65.7 Å². The summed E-state index contributed by atoms with van der Waals surface area (Å²) in [7, 11) is 4.17. The van der Waals surface area contributed by atoms with Crippen LogP contribution in [0.4, 0.5) is 0 Å². The summed E-state index contributed by atoms with van der Waals surface area (Å²) >= 11 is 0. The Morgan fingerprint density at radius 3 is 2.04 bits per heavy atom. The molecule has 0 saturated heterocycles. The molecule has 28 heavy (non-hydrogen) atoms. The average Bonchev–Trinajstić information content (AvgIpc) is 2.70. The number of rotatable bonds is 9. The number of aliphatic imine (C=N–C) groups is 1. The van der Waals surface area contributed by atoms with Gasteiger partial charge < -0.3 is 20.6 Å². The van der Waals surface area contributed by atoms with E-state index in [1.807, 2.05) is 36.4 Å². The summed E-state index contributed by atoms with van der Waals surface area (Å²) in [5, 5.41) is 16.5. The summed E-state index contributed by atoms with van der Waals surface area (Å²) in [6.07, 6.45) is 0. The predicted molar refractivity (Wildman–Crippen MR) is 129 cm³/mol. The summed E-state index contributed by atoms with van der Waals surface area (Å²) in [5.41, 5.74) is 2.37. The van der Waals surface area contributed by atoms with E-state index in [0.29, 0.717) is 6.54 Å². The van der Waals surface area contributed by atoms with Gasteiger partial charge in [-0.05, 0) is 32.1 Å². The van der Waals surface area contributed by atoms with Gasteiger partial charge in [-0.1, -0.05) is 60.7 Å². The molecule has 0 aliphatic heterocycles. The lowest BCUT2D eigenvalue weighted by Crippen LogP contribution is -2.42. The molecule has 5 nitrogen and oxygen atoms in total. The third kappa shape index (κ3) is 7.77. The SMILES string of the molecule is CCNC(=NCC(CO)c1ccccc1)NCC(c1ccccc1)N(C)C.I. The maximum atomic E-state index is 9.75. The lowest BCUT2D eigenvalue weighted by Gasteiger charge is -2.26. The predicted octanol–water partition coefficient (Wildman–Crippen LogP) is 3.24. The summed E-state index contributed by atoms with van der Waals surface area (Å²) < 4.78 is 0. The zero-order valence-electron chi connectivity index (χ0n) is 17.0. The highest BCUT2D eigenvalue weighted by molar-refractivity contribution is 14.0. The fourth-order valence-corrected chi connectivity index (χ4v) is 3.00. The molecule has 2 atom stereocenters. The van der Waals surface area contributed by atoms with Crippen molar-refractivity contribution in [3.05, 3.63) is 71.8 Å². The molecule has 0 fully saturated rings. The van der Waals surface area contributed by atoms with Gasteiger partial charge in [0.1, 0.15) is 0 Å². The van der Waals surface area contributed by atoms with Gasteiger partial charge in [0.15, 0.2) is 5.96 Å². The van der Waals surface area contributed by atoms with E-state index in [1.54, 1.807) is 0 Å². The van der Waals surface area contributed by atoms with Crippen LogP contribution in [-0.4, -0.2) is 56.3 Å². The lowest BCUT2D eigenvalue weighted by molar-refractivity contribution is 0.268. The lowest BCUT2D eigenvalue weighted by atomic mass is 10.0. The number of guanidine groups is 1. The molecule has 6 heteroatoms. The largest absolute Gasteiger partial charge is 0.396 e. The van der Waals surface area contributed by atoms with Gasteiger partial charge in [-0.15, -0.1) is 24.0 Å². The first-order valence-corrected chi connectivity index (χ1v) is 9.55. The number of nitrogens with zero attached hydrogens (tertiary/aromatic N) is 2. The highest BCUT2D eigenvalue weighted by Crippen LogP contribution is 2.17. The van der Waals surface area contributed by atoms with Crippen molar-refractivity contribution in [2.24, 2.45) is 4.99 Å². The molecule has 0 radical (unpaired) electrons. The molecule has 154 valence electrons. The van der Waals surface area contributed by atoms with E-state index < -0.39 is 0 Å². The van der Waals surface area contributed by atoms with Crippen LogP contribution in [0.1, 0.15) is 30.0 Å². The van der Waals surface area contributed by atoms with Gasteiger partial charge in [-0.3, -0.25) is 4.99 Å². The Hall–Kier alpha value is -1.64. The maximum Gasteiger partial charge on any atom is 0.191 e. The number of hydrogen-bond donors (Lipinski definition) is 3. The van der Waals surface area contributed by atoms with Crippen molar-refractivity contribution in [3.8, 4) is 0 Å². The van der Waals surface area contributed by atoms with Crippen molar-refractivity contribution in [3.63, 3.8) is 0 Å². The maximum absolute atomic E-state index is 9.75. The smallest absolute Gasteiger partial charge is 0.191 e. The summed E-state index contributed by atoms with van der Waals surface area (Å²) in [6, 6.07) is 20.8. The second kappa shape index (κ2) is 13.5. The highest BCUT2D eigenvalue weighted by Gasteiger charge is 2.15. The molecular formula is C22H33IN4O. The minimum absolute atomic E-state index is 0. The quantitative estimate of drug-likeness (QED) is 0.284. The van der Waals surface area contributed by atoms with Gasteiger partial charge in [-0.2, -0.15) is 0 Å². The van der Waals surface area contributed by atoms with E-state index in [1.165, 1.54) is 5.56 Å². The Morgan fingerprint density at radius 1 is 0.964 bits per heavy atom. The molecule has 0 amide bonds. The normalized spacial score (nSPS) is 13.5. The van der Waals surface area contributed by atoms with Crippen LogP contribution < -0.4 is 10.6 Å². The van der Waals surface area contributed by atoms with Crippen LogP contribution in [0.5, 0.6) is 0 Å². The number of nitrogens with one attached hydrogen (secondary N) is 2. The molecule has 2 aromatic carbocycles. The minimum atomic E-state index is 0. The fourth-order valence-electron chi connectivity index (χ4n) is 3.00. The van der Waals surface area contributed by atoms with Crippen molar-refractivity contribution in [2.75, 3.05) is 40.3 Å². The number of aliphatic hydroxyl groups excluding tert-OH is 1. The molecule has 0 heterocycles. The van der Waals surface area contributed by atoms with Gasteiger partial charge in [0.05, 0.1) is 19.2 Å². The topological polar surface area (TPSA) is 59.9 Å². The van der Waals surface area contributed by atoms with Gasteiger partial charge in [0, 0.05) is 19.0 Å². The summed E-state index contributed by atoms with van der Waals surface area (Å²) in [6.45, 7) is 4.21. The number of hydrogen-bond acceptors (Lipinski definition) is 3. The Morgan fingerprint density at radius 2 is 1.54 bits per heavy atom. The van der Waals surface area contributed by atoms with E-state index in [0.717, 1.165) is 24.6 Å². The minimum Gasteiger partial charge on any atom is -0.396 e. The van der Waals surface area contributed by atoms with Crippen molar-refractivity contribution in [1.29, 1.82) is 0 Å². The van der Waals surface area contributed by atoms with Crippen molar-refractivity contribution < 1.29 is 5.11 Å². The number of benzene rings is 2. The van der Waals surface area contributed by atoms with Gasteiger partial charge in [0.2, 0.25) is 0 Å². The summed E-state index contributed by atoms with van der Waals surface area (Å²) in [4.78, 5) is 6.90. The van der Waals surface area contributed by atoms with Crippen LogP contribution >= 0.6 is 24.0 Å². The van der Waals surface area contributed by atoms with Gasteiger partial charge in [0.25, 0.3) is 0 Å². The number of halogens is 1. The monoisotopic (exact) mass is 496 g/mol. The molecule has 0 saturated carbocycles. The number of likely N-dealkylation sites (N-methyl/N-ethyl adjacent to an activating group) is 1. The Bertz CT molecular complexity index is 679. The van der Waals surface area contributed by atoms with E-state index >= 15 is 0 Å². The second-order valence-electron chi connectivity index (χ2n) is 6.78. The van der Waals surface area contributed by atoms with Crippen molar-refractivity contribution in [1.82, 2.24) is 15.5 Å². The van der Waals surface area contributed by atoms with E-state index in [9.17, 15) is 5.11 Å². The van der Waals surface area contributed by atoms with Crippen LogP contribution in [0.3, 0.4) is 0 Å². The van der Waals surface area contributed by atoms with E-state index in [4.69, 9.17) is 4.99 Å². The standard InChI is InChI=1S/C22H32N4O.HI/c1-4-23-22(24-15-20(17-27)18-11-7-5-8-12-18)25-16-21(26(2)3)19-13-9-6-10-14-19;/h5-14,20-21,27H,4,15-17H2,1-3H3,(H2,23,24,25);1H. The fraction of sp³-hybridized carbons (Fsp3) is 0.409. The van der Waals surface area contributed by atoms with Crippen LogP contribution in [-0.2, 0) is 0 Å². The average molecular weight is 496 g/mol. The first-order valence-electron chi connectivity index (χ1n) is 9.55. The Balaban J connectivity index is 0.00000392. The van der Waals surface area contributed by atoms with Crippen molar-refractivity contribution >= 4 is 29.9 Å². The molecule has 2 aromatic rings. The zero-order valence-corrected chi connectivity index (χ0v) is 19.3. The summed E-state index contributed by atoms with van der Waals surface area (Å²) in [5.74, 6) is 0.773. The Kier molecular flexibility index (Phi) is 11.8. The van der Waals surface area contributed by atoms with E-state index in [-0.39, 0.29) is 42.5 Å². The molecular weight excluding hydrogens is 463 g/mol. The molecule has 0 aromatic heterocycles. The number of aliphatic hydroxyl groups is 1. The zero-order chi connectivity index (χ0) is 19.5. The third-order valence-electron chi connectivity index (χ3n) is 4.58. The second-order valence-corrected chi connectivity index (χ2v) is 6.78. The Labute approximate surface area is 186 Å². The first-order chi connectivity index (χ1) is 13.2. The third-order valence-corrected chi connectivity index (χ3v) is 4.58. The van der Waals surface area contributed by atoms with E-state index in [2.05, 4.69) is 60.8 Å². The molecule has 0 spiro atoms. The molecule has 0 aliphatic rings. The first kappa shape index (κ1) is 24.4. The van der Waals surface area contributed by atoms with Crippen LogP contribution in [0, 0.1) is 0 Å². The van der Waals surface area contributed by atoms with Gasteiger partial charge >= 0.3 is 0 Å². The van der Waals surface area contributed by atoms with Crippen molar-refractivity contribution in [2.45, 2.75) is 18.9 Å². The molecule has 0 bridgehead atoms. The van der Waals surface area contributed by atoms with Crippen LogP contribution in [0.25, 0.3) is 0 Å². The molecule has 2 unspecified atom stereocenters. The molecule has 0 aliphatic carbocycles. The highest BCUT2D eigenvalue weighted by atomic mass is 127. The molecule has 3 N–H and O–H groups in total. The molecule has 2 rings (SSSR count).